The molecule has 0 N–H and O–H groups in total. The zero-order chi connectivity index (χ0) is 14.1. The highest BCUT2D eigenvalue weighted by molar-refractivity contribution is 6.31. The van der Waals surface area contributed by atoms with Gasteiger partial charge in [0.1, 0.15) is 11.3 Å². The van der Waals surface area contributed by atoms with E-state index < -0.39 is 0 Å². The molecule has 2 aromatic rings. The van der Waals surface area contributed by atoms with E-state index in [9.17, 15) is 0 Å². The molecular weight excluding hydrogens is 297 g/mol. The van der Waals surface area contributed by atoms with Crippen molar-refractivity contribution < 1.29 is 4.74 Å². The van der Waals surface area contributed by atoms with Gasteiger partial charge in [-0.25, -0.2) is 9.97 Å². The zero-order valence-corrected chi connectivity index (χ0v) is 12.9. The van der Waals surface area contributed by atoms with Crippen molar-refractivity contribution in [3.63, 3.8) is 0 Å². The largest absolute Gasteiger partial charge is 0.378 e. The molecule has 2 atom stereocenters. The summed E-state index contributed by atoms with van der Waals surface area (Å²) in [6.07, 6.45) is 5.25. The Bertz CT molecular complexity index is 606. The van der Waals surface area contributed by atoms with Gasteiger partial charge >= 0.3 is 0 Å². The number of aromatic nitrogens is 3. The maximum absolute atomic E-state index is 6.24. The molecule has 2 unspecified atom stereocenters. The lowest BCUT2D eigenvalue weighted by atomic mass is 10.2. The summed E-state index contributed by atoms with van der Waals surface area (Å²) in [5, 5.41) is 0.433. The Hall–Kier alpha value is -0.840. The van der Waals surface area contributed by atoms with E-state index in [4.69, 9.17) is 27.9 Å². The van der Waals surface area contributed by atoms with E-state index in [-0.39, 0.29) is 5.38 Å². The molecule has 0 bridgehead atoms. The van der Waals surface area contributed by atoms with Gasteiger partial charge in [-0.05, 0) is 32.3 Å². The Kier molecular flexibility index (Phi) is 4.15. The second kappa shape index (κ2) is 5.88. The second-order valence-electron chi connectivity index (χ2n) is 5.16. The number of hydrogen-bond acceptors (Lipinski definition) is 3. The average molecular weight is 314 g/mol. The van der Waals surface area contributed by atoms with Crippen molar-refractivity contribution in [3.8, 4) is 0 Å². The summed E-state index contributed by atoms with van der Waals surface area (Å²) in [6.45, 7) is 3.62. The molecule has 0 saturated carbocycles. The van der Waals surface area contributed by atoms with E-state index in [1.54, 1.807) is 6.20 Å². The van der Waals surface area contributed by atoms with Crippen LogP contribution < -0.4 is 0 Å². The summed E-state index contributed by atoms with van der Waals surface area (Å²) in [5.74, 6) is 0.842. The van der Waals surface area contributed by atoms with Crippen LogP contribution in [0, 0.1) is 0 Å². The first-order valence-corrected chi connectivity index (χ1v) is 7.74. The Morgan fingerprint density at radius 1 is 1.55 bits per heavy atom. The van der Waals surface area contributed by atoms with Crippen molar-refractivity contribution in [2.24, 2.45) is 0 Å². The number of rotatable bonds is 4. The minimum atomic E-state index is -0.160. The lowest BCUT2D eigenvalue weighted by molar-refractivity contribution is 0.100. The maximum atomic E-state index is 6.24. The van der Waals surface area contributed by atoms with Gasteiger partial charge in [0, 0.05) is 19.3 Å². The van der Waals surface area contributed by atoms with E-state index in [2.05, 4.69) is 14.5 Å². The molecule has 0 radical (unpaired) electrons. The van der Waals surface area contributed by atoms with Crippen LogP contribution in [0.25, 0.3) is 11.2 Å². The summed E-state index contributed by atoms with van der Waals surface area (Å²) in [7, 11) is 0. The van der Waals surface area contributed by atoms with Crippen LogP contribution in [-0.2, 0) is 11.3 Å². The monoisotopic (exact) mass is 313 g/mol. The summed E-state index contributed by atoms with van der Waals surface area (Å²) < 4.78 is 7.76. The van der Waals surface area contributed by atoms with Gasteiger partial charge in [-0.2, -0.15) is 0 Å². The highest BCUT2D eigenvalue weighted by Gasteiger charge is 2.19. The molecule has 4 nitrogen and oxygen atoms in total. The van der Waals surface area contributed by atoms with E-state index >= 15 is 0 Å². The van der Waals surface area contributed by atoms with Crippen LogP contribution in [-0.4, -0.2) is 27.2 Å². The lowest BCUT2D eigenvalue weighted by Crippen LogP contribution is -2.12. The smallest absolute Gasteiger partial charge is 0.160 e. The molecule has 108 valence electrons. The van der Waals surface area contributed by atoms with Gasteiger partial charge in [0.25, 0.3) is 0 Å². The Morgan fingerprint density at radius 2 is 2.40 bits per heavy atom. The number of alkyl halides is 1. The molecule has 20 heavy (non-hydrogen) atoms. The lowest BCUT2D eigenvalue weighted by Gasteiger charge is -2.13. The van der Waals surface area contributed by atoms with Crippen LogP contribution in [0.3, 0.4) is 0 Å². The van der Waals surface area contributed by atoms with Gasteiger partial charge in [0.15, 0.2) is 5.65 Å². The minimum absolute atomic E-state index is 0.160. The third-order valence-electron chi connectivity index (χ3n) is 3.64. The predicted molar refractivity (Wildman–Crippen MR) is 80.4 cm³/mol. The average Bonchev–Trinajstić information content (AvgIpc) is 3.02. The van der Waals surface area contributed by atoms with Crippen LogP contribution in [0.1, 0.15) is 37.4 Å². The van der Waals surface area contributed by atoms with Crippen LogP contribution in [0.4, 0.5) is 0 Å². The molecule has 0 aliphatic carbocycles. The number of ether oxygens (including phenoxy) is 1. The summed E-state index contributed by atoms with van der Waals surface area (Å²) in [5.41, 5.74) is 1.64. The van der Waals surface area contributed by atoms with Gasteiger partial charge in [-0.3, -0.25) is 0 Å². The summed E-state index contributed by atoms with van der Waals surface area (Å²) >= 11 is 12.2. The maximum Gasteiger partial charge on any atom is 0.160 e. The van der Waals surface area contributed by atoms with Crippen LogP contribution in [0.15, 0.2) is 12.3 Å². The predicted octanol–water partition coefficient (Wildman–Crippen LogP) is 3.95. The van der Waals surface area contributed by atoms with Crippen molar-refractivity contribution >= 4 is 34.4 Å². The van der Waals surface area contributed by atoms with E-state index in [0.717, 1.165) is 49.4 Å². The number of pyridine rings is 1. The fourth-order valence-electron chi connectivity index (χ4n) is 2.67. The van der Waals surface area contributed by atoms with Gasteiger partial charge in [-0.1, -0.05) is 11.6 Å². The van der Waals surface area contributed by atoms with Crippen molar-refractivity contribution in [2.45, 2.75) is 44.2 Å². The molecule has 1 aliphatic heterocycles. The van der Waals surface area contributed by atoms with Crippen molar-refractivity contribution in [1.29, 1.82) is 0 Å². The minimum Gasteiger partial charge on any atom is -0.378 e. The number of imidazole rings is 1. The van der Waals surface area contributed by atoms with Crippen LogP contribution >= 0.6 is 23.2 Å². The first kappa shape index (κ1) is 14.1. The van der Waals surface area contributed by atoms with E-state index in [1.807, 2.05) is 13.0 Å². The first-order chi connectivity index (χ1) is 9.65. The molecule has 0 spiro atoms. The standard InChI is InChI=1S/C14H17Cl2N3O/c1-9(15)13-18-12-7-10(16)8-17-14(12)19(13)5-4-11-3-2-6-20-11/h7-9,11H,2-6H2,1H3. The Morgan fingerprint density at radius 3 is 3.10 bits per heavy atom. The SMILES string of the molecule is CC(Cl)c1nc2cc(Cl)cnc2n1CCC1CCCO1. The molecule has 0 aromatic carbocycles. The van der Waals surface area contributed by atoms with Gasteiger partial charge < -0.3 is 9.30 Å². The summed E-state index contributed by atoms with van der Waals surface area (Å²) in [6, 6.07) is 1.83. The number of fused-ring (bicyclic) bond motifs is 1. The Labute approximate surface area is 128 Å². The normalized spacial score (nSPS) is 20.6. The molecule has 1 aliphatic rings. The second-order valence-corrected chi connectivity index (χ2v) is 6.25. The molecule has 2 aromatic heterocycles. The van der Waals surface area contributed by atoms with Gasteiger partial charge in [-0.15, -0.1) is 11.6 Å². The quantitative estimate of drug-likeness (QED) is 0.802. The molecule has 6 heteroatoms. The third-order valence-corrected chi connectivity index (χ3v) is 4.04. The molecular formula is C14H17Cl2N3O. The van der Waals surface area contributed by atoms with Gasteiger partial charge in [0.05, 0.1) is 16.5 Å². The van der Waals surface area contributed by atoms with E-state index in [1.165, 1.54) is 0 Å². The van der Waals surface area contributed by atoms with Crippen molar-refractivity contribution in [1.82, 2.24) is 14.5 Å². The van der Waals surface area contributed by atoms with Crippen molar-refractivity contribution in [2.75, 3.05) is 6.61 Å². The fourth-order valence-corrected chi connectivity index (χ4v) is 2.99. The van der Waals surface area contributed by atoms with E-state index in [0.29, 0.717) is 11.1 Å². The number of halogens is 2. The number of aryl methyl sites for hydroxylation is 1. The first-order valence-electron chi connectivity index (χ1n) is 6.92. The molecule has 0 amide bonds. The Balaban J connectivity index is 1.91. The van der Waals surface area contributed by atoms with Crippen molar-refractivity contribution in [3.05, 3.63) is 23.1 Å². The molecule has 1 fully saturated rings. The highest BCUT2D eigenvalue weighted by atomic mass is 35.5. The topological polar surface area (TPSA) is 39.9 Å². The number of hydrogen-bond donors (Lipinski definition) is 0. The van der Waals surface area contributed by atoms with Crippen LogP contribution in [0.5, 0.6) is 0 Å². The molecule has 3 heterocycles. The number of nitrogens with zero attached hydrogens (tertiary/aromatic N) is 3. The summed E-state index contributed by atoms with van der Waals surface area (Å²) in [4.78, 5) is 8.96. The zero-order valence-electron chi connectivity index (χ0n) is 11.4. The third kappa shape index (κ3) is 2.78. The molecule has 1 saturated heterocycles. The van der Waals surface area contributed by atoms with Crippen LogP contribution in [0.2, 0.25) is 5.02 Å². The van der Waals surface area contributed by atoms with Gasteiger partial charge in [0.2, 0.25) is 0 Å². The molecule has 3 rings (SSSR count). The highest BCUT2D eigenvalue weighted by Crippen LogP contribution is 2.26. The fraction of sp³-hybridized carbons (Fsp3) is 0.571.